The van der Waals surface area contributed by atoms with Crippen LogP contribution in [0.1, 0.15) is 22.6 Å². The highest BCUT2D eigenvalue weighted by Gasteiger charge is 2.21. The summed E-state index contributed by atoms with van der Waals surface area (Å²) < 4.78 is 2.48. The van der Waals surface area contributed by atoms with Gasteiger partial charge in [-0.1, -0.05) is 237 Å². The molecule has 0 fully saturated rings. The summed E-state index contributed by atoms with van der Waals surface area (Å²) in [4.78, 5) is 0. The van der Waals surface area contributed by atoms with Crippen molar-refractivity contribution < 1.29 is 0 Å². The molecule has 10 aromatic carbocycles. The zero-order valence-corrected chi connectivity index (χ0v) is 34.3. The van der Waals surface area contributed by atoms with Gasteiger partial charge in [0.2, 0.25) is 0 Å². The van der Waals surface area contributed by atoms with E-state index in [9.17, 15) is 0 Å². The van der Waals surface area contributed by atoms with Crippen LogP contribution in [0.4, 0.5) is 0 Å². The third kappa shape index (κ3) is 7.00. The summed E-state index contributed by atoms with van der Waals surface area (Å²) in [7, 11) is 0. The van der Waals surface area contributed by atoms with Gasteiger partial charge in [-0.05, 0) is 85.0 Å². The Morgan fingerprint density at radius 2 is 0.597 bits per heavy atom. The molecule has 0 aliphatic carbocycles. The third-order valence-electron chi connectivity index (χ3n) is 12.4. The molecule has 0 spiro atoms. The second-order valence-electron chi connectivity index (χ2n) is 16.1. The number of benzene rings is 10. The summed E-state index contributed by atoms with van der Waals surface area (Å²) in [6.07, 6.45) is 0. The van der Waals surface area contributed by atoms with Gasteiger partial charge in [0.25, 0.3) is 0 Å². The van der Waals surface area contributed by atoms with E-state index in [1.807, 2.05) is 0 Å². The largest absolute Gasteiger partial charge is 0.309 e. The van der Waals surface area contributed by atoms with Gasteiger partial charge in [0.1, 0.15) is 0 Å². The van der Waals surface area contributed by atoms with Gasteiger partial charge in [-0.3, -0.25) is 0 Å². The predicted molar refractivity (Wildman–Crippen MR) is 262 cm³/mol. The smallest absolute Gasteiger partial charge is 0.0544 e. The van der Waals surface area contributed by atoms with Crippen LogP contribution in [0.3, 0.4) is 0 Å². The fraction of sp³-hybridized carbons (Fsp3) is 0.0164. The number of rotatable bonds is 9. The first kappa shape index (κ1) is 37.0. The van der Waals surface area contributed by atoms with E-state index < -0.39 is 0 Å². The molecule has 1 unspecified atom stereocenters. The summed E-state index contributed by atoms with van der Waals surface area (Å²) in [5.74, 6) is 0.00552. The van der Waals surface area contributed by atoms with E-state index in [4.69, 9.17) is 0 Å². The van der Waals surface area contributed by atoms with Gasteiger partial charge in [0, 0.05) is 22.3 Å². The second kappa shape index (κ2) is 16.2. The van der Waals surface area contributed by atoms with E-state index in [1.54, 1.807) is 0 Å². The molecular weight excluding hydrogens is 747 g/mol. The van der Waals surface area contributed by atoms with Crippen molar-refractivity contribution in [3.63, 3.8) is 0 Å². The Balaban J connectivity index is 1.03. The van der Waals surface area contributed by atoms with Crippen molar-refractivity contribution >= 4 is 21.8 Å². The molecule has 1 nitrogen and oxygen atoms in total. The quantitative estimate of drug-likeness (QED) is 0.128. The predicted octanol–water partition coefficient (Wildman–Crippen LogP) is 16.3. The standard InChI is InChI=1S/C61H43N/c1-4-14-43(15-5-1)46-24-26-49(27-25-46)50-32-38-53(39-33-50)61(52-36-30-48(31-37-52)45-18-8-3-9-19-45)54-40-41-57-56-21-11-13-23-59(56)62(60(57)42-54)58-22-12-10-20-55(58)51-34-28-47(29-35-51)44-16-6-2-7-17-44/h1-42,61H. The maximum atomic E-state index is 2.48. The van der Waals surface area contributed by atoms with Crippen molar-refractivity contribution in [2.75, 3.05) is 0 Å². The monoisotopic (exact) mass is 789 g/mol. The number of hydrogen-bond acceptors (Lipinski definition) is 0. The lowest BCUT2D eigenvalue weighted by Gasteiger charge is -2.21. The topological polar surface area (TPSA) is 4.93 Å². The number of aromatic nitrogens is 1. The molecule has 0 saturated carbocycles. The maximum Gasteiger partial charge on any atom is 0.0544 e. The number of hydrogen-bond donors (Lipinski definition) is 0. The van der Waals surface area contributed by atoms with E-state index in [2.05, 4.69) is 259 Å². The fourth-order valence-corrected chi connectivity index (χ4v) is 9.24. The molecule has 0 amide bonds. The zero-order valence-electron chi connectivity index (χ0n) is 34.3. The van der Waals surface area contributed by atoms with Gasteiger partial charge >= 0.3 is 0 Å². The van der Waals surface area contributed by atoms with Crippen LogP contribution in [0.15, 0.2) is 255 Å². The Kier molecular flexibility index (Phi) is 9.69. The molecule has 0 N–H and O–H groups in total. The zero-order chi connectivity index (χ0) is 41.2. The van der Waals surface area contributed by atoms with Crippen LogP contribution in [0, 0.1) is 0 Å². The Morgan fingerprint density at radius 3 is 1.10 bits per heavy atom. The van der Waals surface area contributed by atoms with Crippen molar-refractivity contribution in [2.45, 2.75) is 5.92 Å². The molecule has 1 heteroatoms. The number of fused-ring (bicyclic) bond motifs is 3. The summed E-state index contributed by atoms with van der Waals surface area (Å²) in [6, 6.07) is 92.9. The average Bonchev–Trinajstić information content (AvgIpc) is 3.69. The first-order valence-corrected chi connectivity index (χ1v) is 21.4. The molecule has 0 bridgehead atoms. The Hall–Kier alpha value is -8.00. The van der Waals surface area contributed by atoms with E-state index in [-0.39, 0.29) is 5.92 Å². The van der Waals surface area contributed by atoms with Crippen LogP contribution in [0.2, 0.25) is 0 Å². The lowest BCUT2D eigenvalue weighted by molar-refractivity contribution is 0.978. The molecular formula is C61H43N. The molecule has 11 rings (SSSR count). The Labute approximate surface area is 363 Å². The average molecular weight is 790 g/mol. The molecule has 0 saturated heterocycles. The first-order valence-electron chi connectivity index (χ1n) is 21.4. The van der Waals surface area contributed by atoms with Crippen molar-refractivity contribution in [1.29, 1.82) is 0 Å². The highest BCUT2D eigenvalue weighted by atomic mass is 15.0. The third-order valence-corrected chi connectivity index (χ3v) is 12.4. The van der Waals surface area contributed by atoms with Crippen LogP contribution in [-0.2, 0) is 0 Å². The first-order chi connectivity index (χ1) is 30.7. The molecule has 1 heterocycles. The molecule has 0 aliphatic rings. The SMILES string of the molecule is c1ccc(-c2ccc(-c3ccc(C(c4ccc(-c5ccccc5)cc4)c4ccc5c6ccccc6n(-c6ccccc6-c6ccc(-c7ccccc7)cc6)c5c4)cc3)cc2)cc1. The van der Waals surface area contributed by atoms with E-state index >= 15 is 0 Å². The van der Waals surface area contributed by atoms with Gasteiger partial charge < -0.3 is 4.57 Å². The van der Waals surface area contributed by atoms with Crippen LogP contribution >= 0.6 is 0 Å². The van der Waals surface area contributed by atoms with E-state index in [0.29, 0.717) is 0 Å². The molecule has 0 radical (unpaired) electrons. The fourth-order valence-electron chi connectivity index (χ4n) is 9.24. The van der Waals surface area contributed by atoms with Gasteiger partial charge in [-0.25, -0.2) is 0 Å². The van der Waals surface area contributed by atoms with Crippen LogP contribution in [-0.4, -0.2) is 4.57 Å². The number of nitrogens with zero attached hydrogens (tertiary/aromatic N) is 1. The minimum Gasteiger partial charge on any atom is -0.309 e. The van der Waals surface area contributed by atoms with Crippen molar-refractivity contribution in [1.82, 2.24) is 4.57 Å². The lowest BCUT2D eigenvalue weighted by atomic mass is 9.83. The second-order valence-corrected chi connectivity index (χ2v) is 16.1. The van der Waals surface area contributed by atoms with E-state index in [0.717, 1.165) is 5.69 Å². The number of para-hydroxylation sites is 2. The maximum absolute atomic E-state index is 2.48. The normalized spacial score (nSPS) is 11.8. The van der Waals surface area contributed by atoms with Gasteiger partial charge in [-0.15, -0.1) is 0 Å². The van der Waals surface area contributed by atoms with Gasteiger partial charge in [-0.2, -0.15) is 0 Å². The Bertz CT molecular complexity index is 3270. The van der Waals surface area contributed by atoms with E-state index in [1.165, 1.54) is 94.1 Å². The summed E-state index contributed by atoms with van der Waals surface area (Å²) in [6.45, 7) is 0. The molecule has 1 atom stereocenters. The summed E-state index contributed by atoms with van der Waals surface area (Å²) in [5.41, 5.74) is 19.4. The van der Waals surface area contributed by atoms with Crippen LogP contribution in [0.5, 0.6) is 0 Å². The molecule has 292 valence electrons. The van der Waals surface area contributed by atoms with Gasteiger partial charge in [0.15, 0.2) is 0 Å². The van der Waals surface area contributed by atoms with Crippen molar-refractivity contribution in [2.24, 2.45) is 0 Å². The molecule has 1 aromatic heterocycles. The minimum atomic E-state index is 0.00552. The molecule has 11 aromatic rings. The van der Waals surface area contributed by atoms with Crippen LogP contribution in [0.25, 0.3) is 83.1 Å². The molecule has 0 aliphatic heterocycles. The van der Waals surface area contributed by atoms with Crippen molar-refractivity contribution in [3.8, 4) is 61.3 Å². The summed E-state index contributed by atoms with van der Waals surface area (Å²) >= 11 is 0. The highest BCUT2D eigenvalue weighted by Crippen LogP contribution is 2.41. The Morgan fingerprint density at radius 1 is 0.242 bits per heavy atom. The molecule has 62 heavy (non-hydrogen) atoms. The van der Waals surface area contributed by atoms with Crippen molar-refractivity contribution in [3.05, 3.63) is 271 Å². The minimum absolute atomic E-state index is 0.00552. The van der Waals surface area contributed by atoms with Crippen LogP contribution < -0.4 is 0 Å². The summed E-state index contributed by atoms with van der Waals surface area (Å²) in [5, 5.41) is 2.49. The highest BCUT2D eigenvalue weighted by molar-refractivity contribution is 6.10. The lowest BCUT2D eigenvalue weighted by Crippen LogP contribution is -2.04. The van der Waals surface area contributed by atoms with Gasteiger partial charge in [0.05, 0.1) is 16.7 Å².